The van der Waals surface area contributed by atoms with Crippen LogP contribution in [0.15, 0.2) is 212 Å². The van der Waals surface area contributed by atoms with E-state index in [9.17, 15) is 0 Å². The lowest BCUT2D eigenvalue weighted by Crippen LogP contribution is -2.27. The van der Waals surface area contributed by atoms with Crippen LogP contribution >= 0.6 is 11.3 Å². The van der Waals surface area contributed by atoms with E-state index in [0.29, 0.717) is 5.82 Å². The zero-order valence-electron chi connectivity index (χ0n) is 37.5. The smallest absolute Gasteiger partial charge is 0.160 e. The van der Waals surface area contributed by atoms with E-state index in [1.54, 1.807) is 0 Å². The number of thiophene rings is 1. The molecule has 0 saturated heterocycles. The van der Waals surface area contributed by atoms with Gasteiger partial charge in [-0.1, -0.05) is 177 Å². The second-order valence-corrected chi connectivity index (χ2v) is 19.9. The Morgan fingerprint density at radius 3 is 1.84 bits per heavy atom. The highest BCUT2D eigenvalue weighted by Crippen LogP contribution is 2.57. The summed E-state index contributed by atoms with van der Waals surface area (Å²) >= 11 is 1.88. The van der Waals surface area contributed by atoms with Gasteiger partial charge >= 0.3 is 0 Å². The van der Waals surface area contributed by atoms with E-state index < -0.39 is 0 Å². The Bertz CT molecular complexity index is 3930. The predicted octanol–water partition coefficient (Wildman–Crippen LogP) is 17.5. The minimum Gasteiger partial charge on any atom is -0.309 e. The van der Waals surface area contributed by atoms with Crippen molar-refractivity contribution in [1.82, 2.24) is 14.5 Å². The van der Waals surface area contributed by atoms with Crippen LogP contribution in [-0.2, 0) is 5.41 Å². The van der Waals surface area contributed by atoms with E-state index in [-0.39, 0.29) is 5.41 Å². The molecule has 0 N–H and O–H groups in total. The van der Waals surface area contributed by atoms with E-state index in [4.69, 9.17) is 9.97 Å². The summed E-state index contributed by atoms with van der Waals surface area (Å²) in [6, 6.07) is 78.1. The van der Waals surface area contributed by atoms with Crippen molar-refractivity contribution in [2.75, 3.05) is 0 Å². The zero-order valence-corrected chi connectivity index (χ0v) is 38.3. The Morgan fingerprint density at radius 1 is 0.368 bits per heavy atom. The maximum atomic E-state index is 5.24. The second-order valence-electron chi connectivity index (χ2n) is 18.8. The highest BCUT2D eigenvalue weighted by Gasteiger charge is 2.44. The SMILES string of the molecule is c1ccc(-c2ccc(-c3cc(-c4cccc(-c5ccc6c(c5)c5cc7c(cc5n6-c5ccc6c(c5)sc5ccccc56)-c5ccccc5C75CCCCC5)c4)nc(-c4ccccc4)n3)cc2)cc1. The Morgan fingerprint density at radius 2 is 1.00 bits per heavy atom. The molecule has 9 aromatic carbocycles. The normalized spacial score (nSPS) is 14.0. The molecule has 0 atom stereocenters. The van der Waals surface area contributed by atoms with E-state index in [2.05, 4.69) is 211 Å². The maximum Gasteiger partial charge on any atom is 0.160 e. The third-order valence-corrected chi connectivity index (χ3v) is 16.2. The van der Waals surface area contributed by atoms with Gasteiger partial charge in [-0.15, -0.1) is 11.3 Å². The van der Waals surface area contributed by atoms with Crippen molar-refractivity contribution in [2.45, 2.75) is 37.5 Å². The molecule has 2 aliphatic rings. The third-order valence-electron chi connectivity index (χ3n) is 15.0. The molecule has 0 aliphatic heterocycles. The number of fused-ring (bicyclic) bond motifs is 11. The number of benzene rings is 9. The van der Waals surface area contributed by atoms with Crippen LogP contribution in [0.4, 0.5) is 0 Å². The van der Waals surface area contributed by atoms with Crippen molar-refractivity contribution in [3.63, 3.8) is 0 Å². The summed E-state index contributed by atoms with van der Waals surface area (Å²) in [6.45, 7) is 0. The molecule has 0 radical (unpaired) electrons. The third kappa shape index (κ3) is 6.24. The minimum absolute atomic E-state index is 0.0631. The lowest BCUT2D eigenvalue weighted by atomic mass is 9.68. The molecule has 3 aromatic heterocycles. The van der Waals surface area contributed by atoms with Gasteiger partial charge in [0.15, 0.2) is 5.82 Å². The molecule has 1 fully saturated rings. The quantitative estimate of drug-likeness (QED) is 0.167. The van der Waals surface area contributed by atoms with Gasteiger partial charge in [-0.3, -0.25) is 0 Å². The molecule has 1 saturated carbocycles. The van der Waals surface area contributed by atoms with Gasteiger partial charge in [-0.05, 0) is 112 Å². The van der Waals surface area contributed by atoms with Gasteiger partial charge < -0.3 is 4.57 Å². The van der Waals surface area contributed by atoms with E-state index >= 15 is 0 Å². The monoisotopic (exact) mass is 887 g/mol. The molecule has 0 amide bonds. The van der Waals surface area contributed by atoms with Crippen molar-refractivity contribution in [3.05, 3.63) is 223 Å². The Kier molecular flexibility index (Phi) is 9.00. The summed E-state index contributed by atoms with van der Waals surface area (Å²) in [4.78, 5) is 10.4. The maximum absolute atomic E-state index is 5.24. The van der Waals surface area contributed by atoms with Crippen LogP contribution in [0.25, 0.3) is 115 Å². The first-order valence-electron chi connectivity index (χ1n) is 24.0. The van der Waals surface area contributed by atoms with Crippen LogP contribution in [0.1, 0.15) is 43.2 Å². The first-order chi connectivity index (χ1) is 33.6. The van der Waals surface area contributed by atoms with Crippen LogP contribution in [0.5, 0.6) is 0 Å². The largest absolute Gasteiger partial charge is 0.309 e. The van der Waals surface area contributed by atoms with Crippen LogP contribution in [0, 0.1) is 0 Å². The standard InChI is InChI=1S/C64H45N3S/c1-4-15-41(16-5-1)42-25-27-43(28-26-42)57-40-58(66-63(65-57)44-17-6-2-7-18-44)47-20-14-19-45(35-47)46-29-32-59-53(36-46)54-38-56-52(49-21-8-10-23-55(49)64(56)33-12-3-13-34-64)39-60(54)67(59)48-30-31-51-50-22-9-11-24-61(50)68-62(51)37-48/h1-2,4-11,14-32,35-40H,3,12-13,33-34H2. The average molecular weight is 888 g/mol. The van der Waals surface area contributed by atoms with Gasteiger partial charge in [0.05, 0.1) is 22.4 Å². The Labute approximate surface area is 399 Å². The topological polar surface area (TPSA) is 30.7 Å². The Hall–Kier alpha value is -7.92. The van der Waals surface area contributed by atoms with Gasteiger partial charge in [0.1, 0.15) is 0 Å². The molecule has 14 rings (SSSR count). The first kappa shape index (κ1) is 39.3. The predicted molar refractivity (Wildman–Crippen MR) is 286 cm³/mol. The lowest BCUT2D eigenvalue weighted by Gasteiger charge is -2.36. The molecule has 68 heavy (non-hydrogen) atoms. The highest BCUT2D eigenvalue weighted by atomic mass is 32.1. The van der Waals surface area contributed by atoms with Gasteiger partial charge in [-0.25, -0.2) is 9.97 Å². The zero-order chi connectivity index (χ0) is 44.8. The summed E-state index contributed by atoms with van der Waals surface area (Å²) < 4.78 is 5.17. The molecule has 0 bridgehead atoms. The number of nitrogens with zero attached hydrogens (tertiary/aromatic N) is 3. The molecule has 12 aromatic rings. The molecule has 0 unspecified atom stereocenters. The fourth-order valence-corrected chi connectivity index (χ4v) is 12.9. The lowest BCUT2D eigenvalue weighted by molar-refractivity contribution is 0.353. The number of aromatic nitrogens is 3. The molecular formula is C64H45N3S. The molecule has 3 heterocycles. The Balaban J connectivity index is 0.933. The van der Waals surface area contributed by atoms with Crippen molar-refractivity contribution in [2.24, 2.45) is 0 Å². The molecular weight excluding hydrogens is 843 g/mol. The number of rotatable bonds is 6. The number of hydrogen-bond acceptors (Lipinski definition) is 3. The van der Waals surface area contributed by atoms with Crippen molar-refractivity contribution in [3.8, 4) is 73.0 Å². The summed E-state index contributed by atoms with van der Waals surface area (Å²) in [7, 11) is 0. The van der Waals surface area contributed by atoms with Crippen LogP contribution < -0.4 is 0 Å². The van der Waals surface area contributed by atoms with E-state index in [1.165, 1.54) is 119 Å². The average Bonchev–Trinajstić information content (AvgIpc) is 4.03. The van der Waals surface area contributed by atoms with Crippen molar-refractivity contribution < 1.29 is 0 Å². The minimum atomic E-state index is 0.0631. The second kappa shape index (κ2) is 15.6. The van der Waals surface area contributed by atoms with Gasteiger partial charge in [0, 0.05) is 58.7 Å². The molecule has 1 spiro atoms. The first-order valence-corrected chi connectivity index (χ1v) is 24.8. The van der Waals surface area contributed by atoms with Crippen LogP contribution in [0.3, 0.4) is 0 Å². The van der Waals surface area contributed by atoms with Crippen molar-refractivity contribution >= 4 is 53.3 Å². The van der Waals surface area contributed by atoms with Gasteiger partial charge in [-0.2, -0.15) is 0 Å². The molecule has 322 valence electrons. The summed E-state index contributed by atoms with van der Waals surface area (Å²) in [6.07, 6.45) is 6.26. The van der Waals surface area contributed by atoms with Crippen LogP contribution in [0.2, 0.25) is 0 Å². The molecule has 4 heteroatoms. The van der Waals surface area contributed by atoms with Crippen LogP contribution in [-0.4, -0.2) is 14.5 Å². The van der Waals surface area contributed by atoms with E-state index in [0.717, 1.165) is 33.6 Å². The van der Waals surface area contributed by atoms with Crippen molar-refractivity contribution in [1.29, 1.82) is 0 Å². The summed E-state index contributed by atoms with van der Waals surface area (Å²) in [5.74, 6) is 0.712. The summed E-state index contributed by atoms with van der Waals surface area (Å²) in [5, 5.41) is 5.24. The fourth-order valence-electron chi connectivity index (χ4n) is 11.8. The number of hydrogen-bond donors (Lipinski definition) is 0. The van der Waals surface area contributed by atoms with E-state index in [1.807, 2.05) is 17.4 Å². The molecule has 2 aliphatic carbocycles. The molecule has 3 nitrogen and oxygen atoms in total. The summed E-state index contributed by atoms with van der Waals surface area (Å²) in [5.41, 5.74) is 19.2. The van der Waals surface area contributed by atoms with Gasteiger partial charge in [0.2, 0.25) is 0 Å². The van der Waals surface area contributed by atoms with Gasteiger partial charge in [0.25, 0.3) is 0 Å². The fraction of sp³-hybridized carbons (Fsp3) is 0.0938. The highest BCUT2D eigenvalue weighted by molar-refractivity contribution is 7.25.